The van der Waals surface area contributed by atoms with Gasteiger partial charge in [0.15, 0.2) is 5.78 Å². The topological polar surface area (TPSA) is 74.6 Å². The zero-order valence-electron chi connectivity index (χ0n) is 10.8. The Morgan fingerprint density at radius 2 is 1.72 bits per heavy atom. The lowest BCUT2D eigenvalue weighted by Gasteiger charge is -2.15. The minimum atomic E-state index is -1.39. The first-order chi connectivity index (χ1) is 8.21. The molecule has 1 aromatic carbocycles. The van der Waals surface area contributed by atoms with Crippen molar-refractivity contribution in [2.24, 2.45) is 5.92 Å². The van der Waals surface area contributed by atoms with Gasteiger partial charge in [0.1, 0.15) is 5.60 Å². The summed E-state index contributed by atoms with van der Waals surface area (Å²) in [6.45, 7) is 4.52. The zero-order valence-corrected chi connectivity index (χ0v) is 10.8. The maximum Gasteiger partial charge on any atom is 0.306 e. The Morgan fingerprint density at radius 3 is 2.11 bits per heavy atom. The molecule has 2 N–H and O–H groups in total. The number of hydrogen-bond acceptors (Lipinski definition) is 3. The molecule has 0 saturated carbocycles. The Labute approximate surface area is 106 Å². The van der Waals surface area contributed by atoms with Crippen molar-refractivity contribution in [3.05, 3.63) is 35.4 Å². The number of benzene rings is 1. The standard InChI is InChI=1S/C14H18O4/c1-9(13(16)17)8-10-4-6-11(7-5-10)12(15)14(2,3)18/h4-7,9,18H,8H2,1-3H3,(H,16,17). The summed E-state index contributed by atoms with van der Waals surface area (Å²) in [5, 5.41) is 18.4. The third-order valence-corrected chi connectivity index (χ3v) is 2.74. The summed E-state index contributed by atoms with van der Waals surface area (Å²) in [6, 6.07) is 6.67. The van der Waals surface area contributed by atoms with Crippen molar-refractivity contribution in [2.75, 3.05) is 0 Å². The van der Waals surface area contributed by atoms with Gasteiger partial charge in [-0.25, -0.2) is 0 Å². The molecule has 0 aliphatic heterocycles. The van der Waals surface area contributed by atoms with E-state index in [1.807, 2.05) is 0 Å². The van der Waals surface area contributed by atoms with Gasteiger partial charge in [-0.2, -0.15) is 0 Å². The van der Waals surface area contributed by atoms with Crippen LogP contribution in [-0.2, 0) is 11.2 Å². The van der Waals surface area contributed by atoms with E-state index < -0.39 is 17.5 Å². The number of Topliss-reactive ketones (excluding diaryl/α,β-unsaturated/α-hetero) is 1. The molecular weight excluding hydrogens is 232 g/mol. The van der Waals surface area contributed by atoms with Crippen LogP contribution in [0.3, 0.4) is 0 Å². The van der Waals surface area contributed by atoms with Crippen molar-refractivity contribution in [3.63, 3.8) is 0 Å². The van der Waals surface area contributed by atoms with E-state index >= 15 is 0 Å². The van der Waals surface area contributed by atoms with Gasteiger partial charge < -0.3 is 10.2 Å². The fraction of sp³-hybridized carbons (Fsp3) is 0.429. The van der Waals surface area contributed by atoms with Crippen LogP contribution in [0.25, 0.3) is 0 Å². The molecule has 1 atom stereocenters. The fourth-order valence-electron chi connectivity index (χ4n) is 1.59. The smallest absolute Gasteiger partial charge is 0.306 e. The van der Waals surface area contributed by atoms with E-state index in [1.54, 1.807) is 31.2 Å². The largest absolute Gasteiger partial charge is 0.481 e. The second kappa shape index (κ2) is 5.31. The first kappa shape index (κ1) is 14.4. The van der Waals surface area contributed by atoms with Crippen LogP contribution in [0.2, 0.25) is 0 Å². The monoisotopic (exact) mass is 250 g/mol. The maximum atomic E-state index is 11.8. The molecule has 1 aromatic rings. The molecule has 0 amide bonds. The number of carbonyl (C=O) groups is 2. The Bertz CT molecular complexity index is 440. The first-order valence-electron chi connectivity index (χ1n) is 5.80. The van der Waals surface area contributed by atoms with Gasteiger partial charge in [-0.15, -0.1) is 0 Å². The van der Waals surface area contributed by atoms with Gasteiger partial charge >= 0.3 is 5.97 Å². The number of carboxylic acids is 1. The summed E-state index contributed by atoms with van der Waals surface area (Å²) in [7, 11) is 0. The molecule has 0 aliphatic carbocycles. The molecule has 0 bridgehead atoms. The quantitative estimate of drug-likeness (QED) is 0.783. The molecule has 4 nitrogen and oxygen atoms in total. The van der Waals surface area contributed by atoms with Crippen molar-refractivity contribution >= 4 is 11.8 Å². The molecule has 1 unspecified atom stereocenters. The molecule has 98 valence electrons. The number of aliphatic hydroxyl groups is 1. The Kier molecular flexibility index (Phi) is 4.24. The number of rotatable bonds is 5. The van der Waals surface area contributed by atoms with E-state index in [-0.39, 0.29) is 5.78 Å². The lowest BCUT2D eigenvalue weighted by Crippen LogP contribution is -2.31. The third-order valence-electron chi connectivity index (χ3n) is 2.74. The lowest BCUT2D eigenvalue weighted by atomic mass is 9.94. The van der Waals surface area contributed by atoms with Crippen molar-refractivity contribution in [1.82, 2.24) is 0 Å². The molecule has 4 heteroatoms. The molecule has 1 rings (SSSR count). The van der Waals surface area contributed by atoms with E-state index in [1.165, 1.54) is 13.8 Å². The third kappa shape index (κ3) is 3.67. The SMILES string of the molecule is CC(Cc1ccc(C(=O)C(C)(C)O)cc1)C(=O)O. The van der Waals surface area contributed by atoms with E-state index in [0.29, 0.717) is 12.0 Å². The molecule has 0 spiro atoms. The van der Waals surface area contributed by atoms with Crippen LogP contribution in [-0.4, -0.2) is 27.6 Å². The summed E-state index contributed by atoms with van der Waals surface area (Å²) in [4.78, 5) is 22.5. The molecule has 0 radical (unpaired) electrons. The van der Waals surface area contributed by atoms with E-state index in [0.717, 1.165) is 5.56 Å². The average Bonchev–Trinajstić information content (AvgIpc) is 2.27. The van der Waals surface area contributed by atoms with Crippen LogP contribution in [0.5, 0.6) is 0 Å². The summed E-state index contributed by atoms with van der Waals surface area (Å²) in [5.41, 5.74) is -0.109. The van der Waals surface area contributed by atoms with Gasteiger partial charge in [-0.05, 0) is 25.8 Å². The number of ketones is 1. The highest BCUT2D eigenvalue weighted by molar-refractivity contribution is 6.01. The molecule has 0 aliphatic rings. The minimum Gasteiger partial charge on any atom is -0.481 e. The number of carboxylic acid groups (broad SMARTS) is 1. The lowest BCUT2D eigenvalue weighted by molar-refractivity contribution is -0.141. The van der Waals surface area contributed by atoms with E-state index in [4.69, 9.17) is 5.11 Å². The van der Waals surface area contributed by atoms with Gasteiger partial charge in [0, 0.05) is 5.56 Å². The van der Waals surface area contributed by atoms with Crippen molar-refractivity contribution < 1.29 is 19.8 Å². The number of aliphatic carboxylic acids is 1. The first-order valence-corrected chi connectivity index (χ1v) is 5.80. The van der Waals surface area contributed by atoms with Crippen LogP contribution in [0.4, 0.5) is 0 Å². The highest BCUT2D eigenvalue weighted by atomic mass is 16.4. The second-order valence-electron chi connectivity index (χ2n) is 5.03. The molecular formula is C14H18O4. The Balaban J connectivity index is 2.81. The summed E-state index contributed by atoms with van der Waals surface area (Å²) < 4.78 is 0. The highest BCUT2D eigenvalue weighted by Crippen LogP contribution is 2.15. The van der Waals surface area contributed by atoms with Gasteiger partial charge in [-0.3, -0.25) is 9.59 Å². The average molecular weight is 250 g/mol. The summed E-state index contributed by atoms with van der Waals surface area (Å²) >= 11 is 0. The zero-order chi connectivity index (χ0) is 13.9. The predicted molar refractivity (Wildman–Crippen MR) is 67.6 cm³/mol. The normalized spacial score (nSPS) is 13.1. The number of hydrogen-bond donors (Lipinski definition) is 2. The summed E-state index contributed by atoms with van der Waals surface area (Å²) in [5.74, 6) is -1.65. The Hall–Kier alpha value is -1.68. The minimum absolute atomic E-state index is 0.347. The van der Waals surface area contributed by atoms with Crippen LogP contribution in [0.15, 0.2) is 24.3 Å². The maximum absolute atomic E-state index is 11.8. The Morgan fingerprint density at radius 1 is 1.22 bits per heavy atom. The summed E-state index contributed by atoms with van der Waals surface area (Å²) in [6.07, 6.45) is 0.423. The van der Waals surface area contributed by atoms with Crippen LogP contribution in [0, 0.1) is 5.92 Å². The van der Waals surface area contributed by atoms with Gasteiger partial charge in [0.05, 0.1) is 5.92 Å². The fourth-order valence-corrected chi connectivity index (χ4v) is 1.59. The number of carbonyl (C=O) groups excluding carboxylic acids is 1. The molecule has 0 fully saturated rings. The van der Waals surface area contributed by atoms with Crippen molar-refractivity contribution in [3.8, 4) is 0 Å². The van der Waals surface area contributed by atoms with Crippen molar-refractivity contribution in [2.45, 2.75) is 32.8 Å². The van der Waals surface area contributed by atoms with Gasteiger partial charge in [0.25, 0.3) is 0 Å². The van der Waals surface area contributed by atoms with Crippen LogP contribution >= 0.6 is 0 Å². The predicted octanol–water partition coefficient (Wildman–Crippen LogP) is 1.90. The molecule has 0 aromatic heterocycles. The van der Waals surface area contributed by atoms with Gasteiger partial charge in [0.2, 0.25) is 0 Å². The highest BCUT2D eigenvalue weighted by Gasteiger charge is 2.25. The second-order valence-corrected chi connectivity index (χ2v) is 5.03. The van der Waals surface area contributed by atoms with Crippen molar-refractivity contribution in [1.29, 1.82) is 0 Å². The van der Waals surface area contributed by atoms with Crippen LogP contribution < -0.4 is 0 Å². The molecule has 18 heavy (non-hydrogen) atoms. The van der Waals surface area contributed by atoms with E-state index in [2.05, 4.69) is 0 Å². The van der Waals surface area contributed by atoms with Gasteiger partial charge in [-0.1, -0.05) is 31.2 Å². The molecule has 0 saturated heterocycles. The van der Waals surface area contributed by atoms with Crippen LogP contribution in [0.1, 0.15) is 36.7 Å². The molecule has 0 heterocycles. The van der Waals surface area contributed by atoms with E-state index in [9.17, 15) is 14.7 Å².